The predicted molar refractivity (Wildman–Crippen MR) is 64.5 cm³/mol. The van der Waals surface area contributed by atoms with Crippen molar-refractivity contribution in [2.45, 2.75) is 0 Å². The number of rotatable bonds is 2. The number of fused-ring (bicyclic) bond motifs is 1. The molecule has 0 bridgehead atoms. The van der Waals surface area contributed by atoms with Gasteiger partial charge in [0.15, 0.2) is 5.65 Å². The molecule has 3 aromatic rings. The van der Waals surface area contributed by atoms with Gasteiger partial charge in [0.05, 0.1) is 0 Å². The fourth-order valence-corrected chi connectivity index (χ4v) is 1.54. The summed E-state index contributed by atoms with van der Waals surface area (Å²) in [5.41, 5.74) is 6.25. The molecule has 0 fully saturated rings. The second-order valence-electron chi connectivity index (χ2n) is 3.64. The van der Waals surface area contributed by atoms with E-state index in [1.807, 2.05) is 0 Å². The molecule has 0 amide bonds. The number of H-pyrrole nitrogens is 1. The van der Waals surface area contributed by atoms with E-state index < -0.39 is 5.69 Å². The van der Waals surface area contributed by atoms with Crippen LogP contribution in [0.5, 0.6) is 11.6 Å². The van der Waals surface area contributed by atoms with Crippen molar-refractivity contribution in [1.82, 2.24) is 19.8 Å². The Morgan fingerprint density at radius 1 is 1.28 bits per heavy atom. The minimum atomic E-state index is -0.414. The molecule has 0 radical (unpaired) electrons. The van der Waals surface area contributed by atoms with E-state index in [9.17, 15) is 4.79 Å². The van der Waals surface area contributed by atoms with Gasteiger partial charge in [-0.1, -0.05) is 6.07 Å². The minimum absolute atomic E-state index is 0.289. The van der Waals surface area contributed by atoms with Crippen LogP contribution in [0.15, 0.2) is 41.2 Å². The van der Waals surface area contributed by atoms with E-state index in [1.165, 1.54) is 0 Å². The van der Waals surface area contributed by atoms with Gasteiger partial charge in [0.2, 0.25) is 5.88 Å². The molecule has 0 atom stereocenters. The number of ether oxygens (including phenoxy) is 1. The number of nitrogen functional groups attached to an aromatic ring is 1. The molecule has 0 unspecified atom stereocenters. The standard InChI is InChI=1S/C11H9N5O2/c12-7-2-1-3-8(6-7)18-10-5-4-9-13-14-11(17)16(9)15-10/h1-6H,12H2,(H,14,17). The summed E-state index contributed by atoms with van der Waals surface area (Å²) in [7, 11) is 0. The van der Waals surface area contributed by atoms with Gasteiger partial charge in [-0.05, 0) is 18.2 Å². The minimum Gasteiger partial charge on any atom is -0.438 e. The van der Waals surface area contributed by atoms with E-state index in [4.69, 9.17) is 10.5 Å². The first-order valence-electron chi connectivity index (χ1n) is 5.20. The van der Waals surface area contributed by atoms with Crippen LogP contribution in [0.3, 0.4) is 0 Å². The first-order chi connectivity index (χ1) is 8.72. The van der Waals surface area contributed by atoms with Crippen LogP contribution in [0.25, 0.3) is 5.65 Å². The summed E-state index contributed by atoms with van der Waals surface area (Å²) in [6.07, 6.45) is 0. The highest BCUT2D eigenvalue weighted by Gasteiger charge is 2.04. The maximum Gasteiger partial charge on any atom is 0.364 e. The van der Waals surface area contributed by atoms with Crippen LogP contribution in [-0.2, 0) is 0 Å². The van der Waals surface area contributed by atoms with Crippen molar-refractivity contribution in [3.63, 3.8) is 0 Å². The fourth-order valence-electron chi connectivity index (χ4n) is 1.54. The summed E-state index contributed by atoms with van der Waals surface area (Å²) >= 11 is 0. The van der Waals surface area contributed by atoms with E-state index >= 15 is 0 Å². The third-order valence-corrected chi connectivity index (χ3v) is 2.33. The van der Waals surface area contributed by atoms with Crippen LogP contribution < -0.4 is 16.2 Å². The Morgan fingerprint density at radius 3 is 3.00 bits per heavy atom. The summed E-state index contributed by atoms with van der Waals surface area (Å²) in [4.78, 5) is 11.3. The van der Waals surface area contributed by atoms with Crippen molar-refractivity contribution < 1.29 is 4.74 Å². The monoisotopic (exact) mass is 243 g/mol. The first-order valence-corrected chi connectivity index (χ1v) is 5.20. The second kappa shape index (κ2) is 3.88. The smallest absolute Gasteiger partial charge is 0.364 e. The van der Waals surface area contributed by atoms with Crippen molar-refractivity contribution in [2.75, 3.05) is 5.73 Å². The normalized spacial score (nSPS) is 10.7. The van der Waals surface area contributed by atoms with E-state index in [0.29, 0.717) is 17.1 Å². The van der Waals surface area contributed by atoms with Gasteiger partial charge in [-0.2, -0.15) is 9.61 Å². The lowest BCUT2D eigenvalue weighted by Crippen LogP contribution is -2.12. The van der Waals surface area contributed by atoms with Crippen LogP contribution in [0, 0.1) is 0 Å². The molecule has 7 heteroatoms. The van der Waals surface area contributed by atoms with Crippen molar-refractivity contribution >= 4 is 11.3 Å². The van der Waals surface area contributed by atoms with E-state index in [1.54, 1.807) is 36.4 Å². The number of benzene rings is 1. The predicted octanol–water partition coefficient (Wildman–Crippen LogP) is 0.792. The topological polar surface area (TPSA) is 98.3 Å². The zero-order valence-corrected chi connectivity index (χ0v) is 9.20. The number of aromatic amines is 1. The lowest BCUT2D eigenvalue weighted by molar-refractivity contribution is 0.451. The molecule has 1 aromatic carbocycles. The van der Waals surface area contributed by atoms with Crippen molar-refractivity contribution in [3.05, 3.63) is 46.9 Å². The number of nitrogens with zero attached hydrogens (tertiary/aromatic N) is 3. The molecule has 0 aliphatic carbocycles. The highest BCUT2D eigenvalue weighted by Crippen LogP contribution is 2.20. The summed E-state index contributed by atoms with van der Waals surface area (Å²) in [6.45, 7) is 0. The van der Waals surface area contributed by atoms with E-state index in [0.717, 1.165) is 4.52 Å². The SMILES string of the molecule is Nc1cccc(Oc2ccc3n[nH]c(=O)n3n2)c1. The van der Waals surface area contributed by atoms with Crippen molar-refractivity contribution in [1.29, 1.82) is 0 Å². The maximum absolute atomic E-state index is 11.3. The third-order valence-electron chi connectivity index (χ3n) is 2.33. The van der Waals surface area contributed by atoms with Crippen LogP contribution in [0.1, 0.15) is 0 Å². The molecule has 0 aliphatic rings. The molecule has 0 saturated heterocycles. The number of hydrogen-bond donors (Lipinski definition) is 2. The summed E-state index contributed by atoms with van der Waals surface area (Å²) < 4.78 is 6.63. The zero-order valence-electron chi connectivity index (χ0n) is 9.20. The highest BCUT2D eigenvalue weighted by atomic mass is 16.5. The fraction of sp³-hybridized carbons (Fsp3) is 0. The Hall–Kier alpha value is -2.83. The van der Waals surface area contributed by atoms with E-state index in [-0.39, 0.29) is 5.88 Å². The van der Waals surface area contributed by atoms with Crippen LogP contribution in [0.4, 0.5) is 5.69 Å². The molecular weight excluding hydrogens is 234 g/mol. The van der Waals surface area contributed by atoms with Gasteiger partial charge in [-0.15, -0.1) is 5.10 Å². The Labute approximate surface area is 101 Å². The van der Waals surface area contributed by atoms with Gasteiger partial charge >= 0.3 is 5.69 Å². The quantitative estimate of drug-likeness (QED) is 0.648. The Kier molecular flexibility index (Phi) is 2.23. The van der Waals surface area contributed by atoms with Crippen molar-refractivity contribution in [2.24, 2.45) is 0 Å². The lowest BCUT2D eigenvalue weighted by Gasteiger charge is -2.04. The van der Waals surface area contributed by atoms with Gasteiger partial charge in [0.1, 0.15) is 5.75 Å². The van der Waals surface area contributed by atoms with Gasteiger partial charge < -0.3 is 10.5 Å². The van der Waals surface area contributed by atoms with E-state index in [2.05, 4.69) is 15.3 Å². The highest BCUT2D eigenvalue weighted by molar-refractivity contribution is 5.45. The molecular formula is C11H9N5O2. The molecule has 3 N–H and O–H groups in total. The Bertz CT molecular complexity index is 761. The number of anilines is 1. The number of nitrogens with two attached hydrogens (primary N) is 1. The Morgan fingerprint density at radius 2 is 2.17 bits per heavy atom. The van der Waals surface area contributed by atoms with Crippen LogP contribution in [-0.4, -0.2) is 19.8 Å². The molecule has 2 aromatic heterocycles. The largest absolute Gasteiger partial charge is 0.438 e. The number of nitrogens with one attached hydrogen (secondary N) is 1. The molecule has 2 heterocycles. The van der Waals surface area contributed by atoms with Gasteiger partial charge in [-0.3, -0.25) is 0 Å². The summed E-state index contributed by atoms with van der Waals surface area (Å²) in [5.74, 6) is 0.843. The number of hydrogen-bond acceptors (Lipinski definition) is 5. The average molecular weight is 243 g/mol. The van der Waals surface area contributed by atoms with Crippen molar-refractivity contribution in [3.8, 4) is 11.6 Å². The second-order valence-corrected chi connectivity index (χ2v) is 3.64. The van der Waals surface area contributed by atoms with Gasteiger partial charge in [-0.25, -0.2) is 9.89 Å². The zero-order chi connectivity index (χ0) is 12.5. The molecule has 3 rings (SSSR count). The molecule has 0 aliphatic heterocycles. The molecule has 18 heavy (non-hydrogen) atoms. The molecule has 0 spiro atoms. The molecule has 90 valence electrons. The summed E-state index contributed by atoms with van der Waals surface area (Å²) in [6, 6.07) is 10.2. The Balaban J connectivity index is 1.99. The lowest BCUT2D eigenvalue weighted by atomic mass is 10.3. The first kappa shape index (κ1) is 10.3. The van der Waals surface area contributed by atoms with Crippen LogP contribution in [0.2, 0.25) is 0 Å². The number of aromatic nitrogens is 4. The molecule has 0 saturated carbocycles. The van der Waals surface area contributed by atoms with Gasteiger partial charge in [0.25, 0.3) is 0 Å². The molecule has 7 nitrogen and oxygen atoms in total. The maximum atomic E-state index is 11.3. The van der Waals surface area contributed by atoms with Crippen LogP contribution >= 0.6 is 0 Å². The summed E-state index contributed by atoms with van der Waals surface area (Å²) in [5, 5.41) is 10.1. The third kappa shape index (κ3) is 1.77. The average Bonchev–Trinajstić information content (AvgIpc) is 2.71. The van der Waals surface area contributed by atoms with Gasteiger partial charge in [0, 0.05) is 17.8 Å².